The SMILES string of the molecule is CCN1CCN(Cc2cccc3[nH]ccc23)CC(Cc2ccccc2-c2cccnc2)C1=O. The maximum atomic E-state index is 13.5. The molecule has 0 radical (unpaired) electrons. The zero-order valence-electron chi connectivity index (χ0n) is 19.1. The lowest BCUT2D eigenvalue weighted by molar-refractivity contribution is -0.134. The molecule has 4 aromatic rings. The van der Waals surface area contributed by atoms with Crippen LogP contribution in [0.5, 0.6) is 0 Å². The van der Waals surface area contributed by atoms with E-state index in [9.17, 15) is 4.79 Å². The number of nitrogens with zero attached hydrogens (tertiary/aromatic N) is 3. The highest BCUT2D eigenvalue weighted by atomic mass is 16.2. The summed E-state index contributed by atoms with van der Waals surface area (Å²) in [7, 11) is 0. The summed E-state index contributed by atoms with van der Waals surface area (Å²) in [6, 6.07) is 21.0. The molecule has 33 heavy (non-hydrogen) atoms. The van der Waals surface area contributed by atoms with E-state index >= 15 is 0 Å². The van der Waals surface area contributed by atoms with E-state index in [2.05, 4.69) is 76.4 Å². The number of amides is 1. The summed E-state index contributed by atoms with van der Waals surface area (Å²) in [4.78, 5) is 25.6. The zero-order chi connectivity index (χ0) is 22.6. The molecule has 1 aliphatic heterocycles. The van der Waals surface area contributed by atoms with Gasteiger partial charge in [-0.2, -0.15) is 0 Å². The molecule has 1 saturated heterocycles. The Kier molecular flexibility index (Phi) is 6.22. The van der Waals surface area contributed by atoms with E-state index in [1.165, 1.54) is 16.5 Å². The van der Waals surface area contributed by atoms with Gasteiger partial charge in [-0.1, -0.05) is 42.5 Å². The molecule has 5 heteroatoms. The topological polar surface area (TPSA) is 52.2 Å². The van der Waals surface area contributed by atoms with Crippen molar-refractivity contribution < 1.29 is 4.79 Å². The maximum Gasteiger partial charge on any atom is 0.227 e. The van der Waals surface area contributed by atoms with E-state index in [4.69, 9.17) is 0 Å². The standard InChI is InChI=1S/C28H30N4O/c1-2-32-16-15-31(19-23-8-5-11-27-26(23)12-14-30-27)20-24(28(32)33)17-21-7-3-4-10-25(21)22-9-6-13-29-18-22/h3-14,18,24,30H,2,15-17,19-20H2,1H3. The number of aromatic nitrogens is 2. The minimum Gasteiger partial charge on any atom is -0.361 e. The molecule has 2 aromatic heterocycles. The van der Waals surface area contributed by atoms with Crippen LogP contribution in [0.4, 0.5) is 0 Å². The Bertz CT molecular complexity index is 1230. The molecule has 1 fully saturated rings. The van der Waals surface area contributed by atoms with Gasteiger partial charge in [-0.05, 0) is 48.2 Å². The number of likely N-dealkylation sites (N-methyl/N-ethyl adjacent to an activating group) is 1. The number of hydrogen-bond donors (Lipinski definition) is 1. The fourth-order valence-electron chi connectivity index (χ4n) is 5.02. The second-order valence-electron chi connectivity index (χ2n) is 8.81. The molecule has 1 aliphatic rings. The molecule has 5 nitrogen and oxygen atoms in total. The lowest BCUT2D eigenvalue weighted by atomic mass is 9.91. The summed E-state index contributed by atoms with van der Waals surface area (Å²) in [6.07, 6.45) is 6.42. The molecule has 1 N–H and O–H groups in total. The number of benzene rings is 2. The molecule has 1 unspecified atom stereocenters. The van der Waals surface area contributed by atoms with Crippen LogP contribution in [0.25, 0.3) is 22.0 Å². The fourth-order valence-corrected chi connectivity index (χ4v) is 5.02. The summed E-state index contributed by atoms with van der Waals surface area (Å²) in [5, 5.41) is 1.26. The maximum absolute atomic E-state index is 13.5. The summed E-state index contributed by atoms with van der Waals surface area (Å²) in [5.74, 6) is 0.191. The number of pyridine rings is 1. The molecular formula is C28H30N4O. The summed E-state index contributed by atoms with van der Waals surface area (Å²) in [6.45, 7) is 6.11. The first-order chi connectivity index (χ1) is 16.2. The fraction of sp³-hybridized carbons (Fsp3) is 0.286. The van der Waals surface area contributed by atoms with Crippen molar-refractivity contribution in [3.05, 3.63) is 90.4 Å². The van der Waals surface area contributed by atoms with Gasteiger partial charge in [0.2, 0.25) is 5.91 Å². The predicted octanol–water partition coefficient (Wildman–Crippen LogP) is 4.75. The number of H-pyrrole nitrogens is 1. The molecule has 0 bridgehead atoms. The van der Waals surface area contributed by atoms with E-state index in [1.54, 1.807) is 6.20 Å². The van der Waals surface area contributed by atoms with Crippen LogP contribution in [0.1, 0.15) is 18.1 Å². The second-order valence-corrected chi connectivity index (χ2v) is 8.81. The van der Waals surface area contributed by atoms with Gasteiger partial charge in [-0.15, -0.1) is 0 Å². The van der Waals surface area contributed by atoms with Crippen LogP contribution in [0.2, 0.25) is 0 Å². The summed E-state index contributed by atoms with van der Waals surface area (Å²) >= 11 is 0. The molecule has 3 heterocycles. The van der Waals surface area contributed by atoms with Gasteiger partial charge < -0.3 is 9.88 Å². The van der Waals surface area contributed by atoms with Crippen molar-refractivity contribution in [2.75, 3.05) is 26.2 Å². The normalized spacial score (nSPS) is 17.4. The molecule has 1 amide bonds. The van der Waals surface area contributed by atoms with Gasteiger partial charge in [-0.25, -0.2) is 0 Å². The van der Waals surface area contributed by atoms with Crippen LogP contribution < -0.4 is 0 Å². The smallest absolute Gasteiger partial charge is 0.227 e. The number of aromatic amines is 1. The summed E-state index contributed by atoms with van der Waals surface area (Å²) < 4.78 is 0. The van der Waals surface area contributed by atoms with Crippen molar-refractivity contribution in [3.63, 3.8) is 0 Å². The van der Waals surface area contributed by atoms with Crippen LogP contribution >= 0.6 is 0 Å². The summed E-state index contributed by atoms with van der Waals surface area (Å²) in [5.41, 5.74) is 5.93. The van der Waals surface area contributed by atoms with Gasteiger partial charge >= 0.3 is 0 Å². The van der Waals surface area contributed by atoms with E-state index in [1.807, 2.05) is 23.4 Å². The van der Waals surface area contributed by atoms with Crippen LogP contribution in [0, 0.1) is 5.92 Å². The highest BCUT2D eigenvalue weighted by Gasteiger charge is 2.30. The van der Waals surface area contributed by atoms with Gasteiger partial charge in [0, 0.05) is 67.8 Å². The van der Waals surface area contributed by atoms with Gasteiger partial charge in [0.25, 0.3) is 0 Å². The average molecular weight is 439 g/mol. The van der Waals surface area contributed by atoms with Gasteiger partial charge in [-0.3, -0.25) is 14.7 Å². The Labute approximate surface area is 195 Å². The Morgan fingerprint density at radius 3 is 2.73 bits per heavy atom. The third-order valence-electron chi connectivity index (χ3n) is 6.74. The minimum absolute atomic E-state index is 0.0734. The Morgan fingerprint density at radius 1 is 1.00 bits per heavy atom. The van der Waals surface area contributed by atoms with Crippen molar-refractivity contribution in [2.24, 2.45) is 5.92 Å². The first kappa shape index (κ1) is 21.4. The van der Waals surface area contributed by atoms with Crippen LogP contribution in [-0.2, 0) is 17.8 Å². The number of fused-ring (bicyclic) bond motifs is 1. The van der Waals surface area contributed by atoms with Gasteiger partial charge in [0.15, 0.2) is 0 Å². The molecule has 0 saturated carbocycles. The molecule has 0 spiro atoms. The monoisotopic (exact) mass is 438 g/mol. The Balaban J connectivity index is 1.42. The first-order valence-corrected chi connectivity index (χ1v) is 11.8. The molecular weight excluding hydrogens is 408 g/mol. The molecule has 0 aliphatic carbocycles. The van der Waals surface area contributed by atoms with Crippen molar-refractivity contribution >= 4 is 16.8 Å². The van der Waals surface area contributed by atoms with Gasteiger partial charge in [0.1, 0.15) is 0 Å². The number of carbonyl (C=O) groups is 1. The minimum atomic E-state index is -0.0734. The average Bonchev–Trinajstić information content (AvgIpc) is 3.29. The van der Waals surface area contributed by atoms with Crippen molar-refractivity contribution in [2.45, 2.75) is 19.9 Å². The number of nitrogens with one attached hydrogen (secondary N) is 1. The predicted molar refractivity (Wildman–Crippen MR) is 133 cm³/mol. The lowest BCUT2D eigenvalue weighted by Crippen LogP contribution is -2.37. The van der Waals surface area contributed by atoms with Crippen LogP contribution in [0.3, 0.4) is 0 Å². The van der Waals surface area contributed by atoms with E-state index in [0.717, 1.165) is 55.8 Å². The quantitative estimate of drug-likeness (QED) is 0.473. The van der Waals surface area contributed by atoms with Crippen molar-refractivity contribution in [3.8, 4) is 11.1 Å². The van der Waals surface area contributed by atoms with Crippen molar-refractivity contribution in [1.82, 2.24) is 19.8 Å². The number of hydrogen-bond acceptors (Lipinski definition) is 3. The Morgan fingerprint density at radius 2 is 1.88 bits per heavy atom. The first-order valence-electron chi connectivity index (χ1n) is 11.8. The highest BCUT2D eigenvalue weighted by Crippen LogP contribution is 2.27. The molecule has 1 atom stereocenters. The zero-order valence-corrected chi connectivity index (χ0v) is 19.1. The van der Waals surface area contributed by atoms with Crippen molar-refractivity contribution in [1.29, 1.82) is 0 Å². The van der Waals surface area contributed by atoms with Gasteiger partial charge in [0.05, 0.1) is 5.92 Å². The lowest BCUT2D eigenvalue weighted by Gasteiger charge is -2.24. The highest BCUT2D eigenvalue weighted by molar-refractivity contribution is 5.83. The van der Waals surface area contributed by atoms with E-state index in [0.29, 0.717) is 0 Å². The second kappa shape index (κ2) is 9.59. The van der Waals surface area contributed by atoms with E-state index in [-0.39, 0.29) is 11.8 Å². The van der Waals surface area contributed by atoms with E-state index < -0.39 is 0 Å². The number of rotatable bonds is 6. The Hall–Kier alpha value is -3.44. The third-order valence-corrected chi connectivity index (χ3v) is 6.74. The third kappa shape index (κ3) is 4.55. The molecule has 168 valence electrons. The number of carbonyl (C=O) groups excluding carboxylic acids is 1. The molecule has 2 aromatic carbocycles. The van der Waals surface area contributed by atoms with Crippen LogP contribution in [0.15, 0.2) is 79.3 Å². The van der Waals surface area contributed by atoms with Crippen LogP contribution in [-0.4, -0.2) is 51.9 Å². The molecule has 5 rings (SSSR count). The largest absolute Gasteiger partial charge is 0.361 e.